The molecule has 1 N–H and O–H groups in total. The largest absolute Gasteiger partial charge is 0.261 e. The Balaban J connectivity index is 2.00. The normalized spacial score (nSPS) is 20.9. The molecule has 2 aromatic heterocycles. The minimum absolute atomic E-state index is 0.183. The van der Waals surface area contributed by atoms with Gasteiger partial charge in [-0.2, -0.15) is 10.4 Å². The quantitative estimate of drug-likeness (QED) is 0.735. The van der Waals surface area contributed by atoms with Gasteiger partial charge in [-0.15, -0.1) is 0 Å². The molecule has 0 radical (unpaired) electrons. The van der Waals surface area contributed by atoms with E-state index < -0.39 is 0 Å². The number of aromatic amines is 1. The number of nitrogens with zero attached hydrogens (tertiary/aromatic N) is 5. The van der Waals surface area contributed by atoms with Crippen molar-refractivity contribution < 1.29 is 4.63 Å². The van der Waals surface area contributed by atoms with Gasteiger partial charge in [-0.05, 0) is 28.9 Å². The summed E-state index contributed by atoms with van der Waals surface area (Å²) < 4.78 is 4.82. The van der Waals surface area contributed by atoms with Crippen LogP contribution in [0.4, 0.5) is 5.82 Å². The van der Waals surface area contributed by atoms with Gasteiger partial charge in [0, 0.05) is 17.2 Å². The topological polar surface area (TPSA) is 104 Å². The van der Waals surface area contributed by atoms with E-state index in [9.17, 15) is 5.26 Å². The summed E-state index contributed by atoms with van der Waals surface area (Å²) in [7, 11) is 0. The lowest BCUT2D eigenvalue weighted by atomic mass is 9.78. The number of aliphatic imine (C=N–C) groups is 1. The summed E-state index contributed by atoms with van der Waals surface area (Å²) in [6.07, 6.45) is 1.71. The summed E-state index contributed by atoms with van der Waals surface area (Å²) in [6, 6.07) is 8.00. The number of aromatic nitrogens is 4. The van der Waals surface area contributed by atoms with Gasteiger partial charge in [-0.1, -0.05) is 12.1 Å². The molecule has 0 bridgehead atoms. The van der Waals surface area contributed by atoms with E-state index in [1.165, 1.54) is 0 Å². The summed E-state index contributed by atoms with van der Waals surface area (Å²) >= 11 is 0. The molecule has 4 rings (SSSR count). The van der Waals surface area contributed by atoms with Gasteiger partial charge in [0.1, 0.15) is 11.0 Å². The highest BCUT2D eigenvalue weighted by Gasteiger charge is 2.35. The molecule has 21 heavy (non-hydrogen) atoms. The van der Waals surface area contributed by atoms with Crippen LogP contribution in [0.25, 0.3) is 11.0 Å². The first kappa shape index (κ1) is 11.8. The van der Waals surface area contributed by atoms with E-state index in [1.807, 2.05) is 25.1 Å². The fourth-order valence-electron chi connectivity index (χ4n) is 2.87. The highest BCUT2D eigenvalue weighted by atomic mass is 16.6. The Morgan fingerprint density at radius 1 is 1.29 bits per heavy atom. The molecule has 0 spiro atoms. The second kappa shape index (κ2) is 4.24. The van der Waals surface area contributed by atoms with Gasteiger partial charge in [0.15, 0.2) is 5.82 Å². The molecule has 0 amide bonds. The number of hydrogen-bond acceptors (Lipinski definition) is 6. The van der Waals surface area contributed by atoms with Gasteiger partial charge >= 0.3 is 0 Å². The number of H-pyrrole nitrogens is 1. The Morgan fingerprint density at radius 3 is 3.05 bits per heavy atom. The van der Waals surface area contributed by atoms with Crippen LogP contribution in [0.1, 0.15) is 24.0 Å². The lowest BCUT2D eigenvalue weighted by Crippen LogP contribution is -2.23. The monoisotopic (exact) mass is 278 g/mol. The Hall–Kier alpha value is -3.01. The van der Waals surface area contributed by atoms with Crippen LogP contribution in [0.15, 0.2) is 34.0 Å². The second-order valence-electron chi connectivity index (χ2n) is 4.99. The van der Waals surface area contributed by atoms with Crippen molar-refractivity contribution in [3.63, 3.8) is 0 Å². The maximum absolute atomic E-state index is 9.56. The van der Waals surface area contributed by atoms with Crippen molar-refractivity contribution in [1.29, 1.82) is 5.26 Å². The van der Waals surface area contributed by atoms with Crippen LogP contribution in [-0.2, 0) is 0 Å². The van der Waals surface area contributed by atoms with Crippen LogP contribution in [0, 0.1) is 17.2 Å². The van der Waals surface area contributed by atoms with E-state index in [1.54, 1.807) is 6.20 Å². The van der Waals surface area contributed by atoms with Crippen LogP contribution in [0.2, 0.25) is 0 Å². The summed E-state index contributed by atoms with van der Waals surface area (Å²) in [5, 5.41) is 24.3. The molecule has 3 aromatic rings. The maximum Gasteiger partial charge on any atom is 0.151 e. The average molecular weight is 278 g/mol. The fraction of sp³-hybridized carbons (Fsp3) is 0.214. The number of nitrogens with one attached hydrogen (secondary N) is 1. The first-order chi connectivity index (χ1) is 10.3. The zero-order valence-corrected chi connectivity index (χ0v) is 11.1. The molecular weight excluding hydrogens is 268 g/mol. The van der Waals surface area contributed by atoms with Crippen LogP contribution < -0.4 is 0 Å². The summed E-state index contributed by atoms with van der Waals surface area (Å²) in [5.41, 5.74) is 3.89. The minimum Gasteiger partial charge on any atom is -0.261 e. The Morgan fingerprint density at radius 2 is 2.19 bits per heavy atom. The molecule has 1 aliphatic heterocycles. The Kier molecular flexibility index (Phi) is 2.38. The van der Waals surface area contributed by atoms with Gasteiger partial charge in [-0.3, -0.25) is 5.10 Å². The van der Waals surface area contributed by atoms with Crippen molar-refractivity contribution in [2.45, 2.75) is 12.8 Å². The summed E-state index contributed by atoms with van der Waals surface area (Å²) in [4.78, 5) is 4.42. The standard InChI is InChI=1S/C14H10N6O/c1-7-9(5-15)12(10-6-16-18-14(10)17-7)8-3-2-4-11-13(8)20-21-19-11/h2-4,6,9,12H,1H3,(H,16,18). The van der Waals surface area contributed by atoms with E-state index in [0.29, 0.717) is 16.9 Å². The summed E-state index contributed by atoms with van der Waals surface area (Å²) in [5.74, 6) is 0.145. The highest BCUT2D eigenvalue weighted by molar-refractivity contribution is 5.93. The zero-order chi connectivity index (χ0) is 14.4. The molecule has 2 unspecified atom stereocenters. The zero-order valence-electron chi connectivity index (χ0n) is 11.1. The van der Waals surface area contributed by atoms with Crippen molar-refractivity contribution in [2.24, 2.45) is 10.9 Å². The predicted octanol–water partition coefficient (Wildman–Crippen LogP) is 2.32. The lowest BCUT2D eigenvalue weighted by molar-refractivity contribution is 0.315. The van der Waals surface area contributed by atoms with Crippen LogP contribution in [-0.4, -0.2) is 26.2 Å². The van der Waals surface area contributed by atoms with Gasteiger partial charge in [0.2, 0.25) is 0 Å². The molecule has 1 aliphatic rings. The van der Waals surface area contributed by atoms with Gasteiger partial charge in [0.25, 0.3) is 0 Å². The Bertz CT molecular complexity index is 899. The summed E-state index contributed by atoms with van der Waals surface area (Å²) in [6.45, 7) is 1.85. The molecule has 1 aromatic carbocycles. The Labute approximate surface area is 119 Å². The minimum atomic E-state index is -0.364. The van der Waals surface area contributed by atoms with E-state index in [-0.39, 0.29) is 11.8 Å². The molecule has 0 saturated heterocycles. The van der Waals surface area contributed by atoms with Crippen molar-refractivity contribution in [3.8, 4) is 6.07 Å². The van der Waals surface area contributed by atoms with Gasteiger partial charge in [0.05, 0.1) is 18.2 Å². The van der Waals surface area contributed by atoms with E-state index in [2.05, 4.69) is 31.6 Å². The molecule has 7 heteroatoms. The molecule has 102 valence electrons. The first-order valence-corrected chi connectivity index (χ1v) is 6.49. The van der Waals surface area contributed by atoms with E-state index in [4.69, 9.17) is 4.63 Å². The molecule has 7 nitrogen and oxygen atoms in total. The molecule has 0 fully saturated rings. The predicted molar refractivity (Wildman–Crippen MR) is 74.1 cm³/mol. The van der Waals surface area contributed by atoms with Crippen LogP contribution >= 0.6 is 0 Å². The van der Waals surface area contributed by atoms with Crippen LogP contribution in [0.3, 0.4) is 0 Å². The fourth-order valence-corrected chi connectivity index (χ4v) is 2.87. The van der Waals surface area contributed by atoms with Crippen molar-refractivity contribution in [3.05, 3.63) is 35.5 Å². The molecule has 2 atom stereocenters. The SMILES string of the molecule is CC1=Nc2[nH]ncc2C(c2cccc3nonc23)C1C#N. The second-order valence-corrected chi connectivity index (χ2v) is 4.99. The first-order valence-electron chi connectivity index (χ1n) is 6.49. The lowest BCUT2D eigenvalue weighted by Gasteiger charge is -2.25. The highest BCUT2D eigenvalue weighted by Crippen LogP contribution is 2.42. The van der Waals surface area contributed by atoms with Gasteiger partial charge < -0.3 is 0 Å². The number of hydrogen-bond donors (Lipinski definition) is 1. The third-order valence-corrected chi connectivity index (χ3v) is 3.85. The molecule has 0 aliphatic carbocycles. The van der Waals surface area contributed by atoms with Crippen molar-refractivity contribution >= 4 is 22.6 Å². The third-order valence-electron chi connectivity index (χ3n) is 3.85. The number of nitriles is 1. The average Bonchev–Trinajstić information content (AvgIpc) is 3.13. The van der Waals surface area contributed by atoms with Crippen LogP contribution in [0.5, 0.6) is 0 Å². The van der Waals surface area contributed by atoms with E-state index >= 15 is 0 Å². The number of benzene rings is 1. The smallest absolute Gasteiger partial charge is 0.151 e. The molecule has 0 saturated carbocycles. The van der Waals surface area contributed by atoms with E-state index in [0.717, 1.165) is 16.8 Å². The number of rotatable bonds is 1. The maximum atomic E-state index is 9.56. The van der Waals surface area contributed by atoms with Crippen molar-refractivity contribution in [1.82, 2.24) is 20.5 Å². The molecule has 3 heterocycles. The van der Waals surface area contributed by atoms with Gasteiger partial charge in [-0.25, -0.2) is 9.62 Å². The van der Waals surface area contributed by atoms with Crippen molar-refractivity contribution in [2.75, 3.05) is 0 Å². The molecular formula is C14H10N6O. The third kappa shape index (κ3) is 1.59. The number of fused-ring (bicyclic) bond motifs is 2.